The number of nitrogens with zero attached hydrogens (tertiary/aromatic N) is 3. The second kappa shape index (κ2) is 6.45. The van der Waals surface area contributed by atoms with Gasteiger partial charge in [-0.2, -0.15) is 5.10 Å². The van der Waals surface area contributed by atoms with Gasteiger partial charge in [-0.05, 0) is 13.1 Å². The molecule has 0 atom stereocenters. The molecule has 1 heterocycles. The second-order valence-electron chi connectivity index (χ2n) is 4.43. The maximum atomic E-state index is 9.06. The first-order chi connectivity index (χ1) is 9.30. The molecule has 0 aliphatic rings. The molecular weight excluding hydrogens is 240 g/mol. The molecule has 5 heteroatoms. The van der Waals surface area contributed by atoms with Gasteiger partial charge in [-0.15, -0.1) is 5.10 Å². The normalized spacial score (nSPS) is 11.2. The lowest BCUT2D eigenvalue weighted by molar-refractivity contribution is 0.307. The van der Waals surface area contributed by atoms with E-state index in [-0.39, 0.29) is 0 Å². The zero-order chi connectivity index (χ0) is 13.7. The van der Waals surface area contributed by atoms with Gasteiger partial charge in [0.15, 0.2) is 5.82 Å². The van der Waals surface area contributed by atoms with Crippen LogP contribution in [0.15, 0.2) is 24.3 Å². The van der Waals surface area contributed by atoms with E-state index >= 15 is 0 Å². The Balaban J connectivity index is 2.29. The number of hydrogen-bond donors (Lipinski definition) is 2. The van der Waals surface area contributed by atoms with Gasteiger partial charge in [0.2, 0.25) is 0 Å². The summed E-state index contributed by atoms with van der Waals surface area (Å²) in [5.74, 6) is 0.405. The summed E-state index contributed by atoms with van der Waals surface area (Å²) in [4.78, 5) is 2.36. The van der Waals surface area contributed by atoms with E-state index in [2.05, 4.69) is 34.4 Å². The molecule has 0 saturated carbocycles. The quantitative estimate of drug-likeness (QED) is 0.780. The van der Waals surface area contributed by atoms with Crippen molar-refractivity contribution in [3.8, 4) is 0 Å². The summed E-state index contributed by atoms with van der Waals surface area (Å²) in [6, 6.07) is 7.86. The van der Waals surface area contributed by atoms with Crippen LogP contribution >= 0.6 is 0 Å². The van der Waals surface area contributed by atoms with Crippen molar-refractivity contribution in [2.24, 2.45) is 0 Å². The van der Waals surface area contributed by atoms with Crippen molar-refractivity contribution in [3.05, 3.63) is 30.0 Å². The average molecular weight is 260 g/mol. The minimum atomic E-state index is 0.405. The highest BCUT2D eigenvalue weighted by Crippen LogP contribution is 2.22. The molecule has 19 heavy (non-hydrogen) atoms. The Morgan fingerprint density at radius 2 is 1.79 bits per heavy atom. The highest BCUT2D eigenvalue weighted by molar-refractivity contribution is 5.92. The summed E-state index contributed by atoms with van der Waals surface area (Å²) < 4.78 is 0. The summed E-state index contributed by atoms with van der Waals surface area (Å²) in [7, 11) is 0. The van der Waals surface area contributed by atoms with Gasteiger partial charge in [0.1, 0.15) is 0 Å². The molecule has 0 fully saturated rings. The zero-order valence-electron chi connectivity index (χ0n) is 11.4. The number of nitrogens with one attached hydrogen (secondary N) is 1. The average Bonchev–Trinajstić information content (AvgIpc) is 2.48. The predicted molar refractivity (Wildman–Crippen MR) is 76.4 cm³/mol. The van der Waals surface area contributed by atoms with Crippen molar-refractivity contribution < 1.29 is 5.21 Å². The maximum absolute atomic E-state index is 9.06. The van der Waals surface area contributed by atoms with E-state index in [1.54, 1.807) is 0 Å². The first-order valence-corrected chi connectivity index (χ1v) is 6.66. The van der Waals surface area contributed by atoms with Crippen LogP contribution in [0.3, 0.4) is 0 Å². The molecule has 0 amide bonds. The fourth-order valence-corrected chi connectivity index (χ4v) is 2.23. The fraction of sp³-hybridized carbons (Fsp3) is 0.429. The molecule has 0 radical (unpaired) electrons. The molecule has 0 spiro atoms. The van der Waals surface area contributed by atoms with E-state index in [0.29, 0.717) is 5.82 Å². The van der Waals surface area contributed by atoms with Gasteiger partial charge in [-0.25, -0.2) is 0 Å². The van der Waals surface area contributed by atoms with E-state index in [9.17, 15) is 0 Å². The van der Waals surface area contributed by atoms with Crippen LogP contribution in [0.2, 0.25) is 0 Å². The van der Waals surface area contributed by atoms with Crippen molar-refractivity contribution in [2.75, 3.05) is 25.1 Å². The van der Waals surface area contributed by atoms with Crippen LogP contribution in [-0.2, 0) is 6.42 Å². The molecule has 0 aliphatic carbocycles. The molecule has 0 saturated heterocycles. The van der Waals surface area contributed by atoms with Crippen LogP contribution < -0.4 is 5.48 Å². The maximum Gasteiger partial charge on any atom is 0.180 e. The monoisotopic (exact) mass is 260 g/mol. The summed E-state index contributed by atoms with van der Waals surface area (Å²) in [5.41, 5.74) is 3.07. The number of likely N-dealkylation sites (N-methyl/N-ethyl adjacent to an activating group) is 1. The Hall–Kier alpha value is -1.72. The number of rotatable bonds is 6. The third kappa shape index (κ3) is 3.00. The Kier molecular flexibility index (Phi) is 4.65. The molecule has 102 valence electrons. The van der Waals surface area contributed by atoms with Gasteiger partial charge in [-0.3, -0.25) is 10.7 Å². The summed E-state index contributed by atoms with van der Waals surface area (Å²) >= 11 is 0. The number of benzene rings is 1. The Morgan fingerprint density at radius 3 is 2.42 bits per heavy atom. The van der Waals surface area contributed by atoms with Crippen LogP contribution in [0.1, 0.15) is 19.5 Å². The Morgan fingerprint density at radius 1 is 1.11 bits per heavy atom. The van der Waals surface area contributed by atoms with Gasteiger partial charge < -0.3 is 4.90 Å². The van der Waals surface area contributed by atoms with E-state index in [0.717, 1.165) is 42.5 Å². The molecule has 5 nitrogen and oxygen atoms in total. The first kappa shape index (κ1) is 13.7. The number of anilines is 1. The highest BCUT2D eigenvalue weighted by Gasteiger charge is 2.09. The van der Waals surface area contributed by atoms with Gasteiger partial charge in [0, 0.05) is 23.7 Å². The van der Waals surface area contributed by atoms with Crippen LogP contribution in [0.25, 0.3) is 10.8 Å². The molecule has 1 aromatic heterocycles. The van der Waals surface area contributed by atoms with E-state index in [4.69, 9.17) is 5.21 Å². The number of hydrogen-bond acceptors (Lipinski definition) is 5. The molecule has 0 unspecified atom stereocenters. The molecular formula is C14H20N4O. The van der Waals surface area contributed by atoms with Gasteiger partial charge in [0.25, 0.3) is 0 Å². The largest absolute Gasteiger partial charge is 0.303 e. The van der Waals surface area contributed by atoms with Crippen molar-refractivity contribution >= 4 is 16.6 Å². The lowest BCUT2D eigenvalue weighted by Crippen LogP contribution is -2.25. The van der Waals surface area contributed by atoms with E-state index in [1.807, 2.05) is 24.3 Å². The molecule has 2 rings (SSSR count). The standard InChI is InChI=1S/C14H20N4O/c1-3-18(4-2)10-9-13-11-7-5-6-8-12(11)14(17-19)16-15-13/h5-8,19H,3-4,9-10H2,1-2H3,(H,16,17). The van der Waals surface area contributed by atoms with Crippen LogP contribution in [-0.4, -0.2) is 39.9 Å². The van der Waals surface area contributed by atoms with Crippen LogP contribution in [0.4, 0.5) is 5.82 Å². The van der Waals surface area contributed by atoms with Gasteiger partial charge in [-0.1, -0.05) is 38.1 Å². The topological polar surface area (TPSA) is 61.3 Å². The lowest BCUT2D eigenvalue weighted by Gasteiger charge is -2.17. The minimum Gasteiger partial charge on any atom is -0.303 e. The third-order valence-corrected chi connectivity index (χ3v) is 3.43. The first-order valence-electron chi connectivity index (χ1n) is 6.66. The summed E-state index contributed by atoms with van der Waals surface area (Å²) in [6.07, 6.45) is 0.862. The third-order valence-electron chi connectivity index (χ3n) is 3.43. The molecule has 2 aromatic rings. The second-order valence-corrected chi connectivity index (χ2v) is 4.43. The molecule has 0 bridgehead atoms. The van der Waals surface area contributed by atoms with Gasteiger partial charge in [0.05, 0.1) is 5.69 Å². The Bertz CT molecular complexity index is 540. The highest BCUT2D eigenvalue weighted by atomic mass is 16.5. The molecule has 2 N–H and O–H groups in total. The SMILES string of the molecule is CCN(CC)CCc1nnc(NO)c2ccccc12. The van der Waals surface area contributed by atoms with E-state index < -0.39 is 0 Å². The molecule has 1 aromatic carbocycles. The Labute approximate surface area is 113 Å². The zero-order valence-corrected chi connectivity index (χ0v) is 11.4. The summed E-state index contributed by atoms with van der Waals surface area (Å²) in [6.45, 7) is 7.37. The van der Waals surface area contributed by atoms with Crippen molar-refractivity contribution in [3.63, 3.8) is 0 Å². The fourth-order valence-electron chi connectivity index (χ4n) is 2.23. The van der Waals surface area contributed by atoms with Crippen molar-refractivity contribution in [1.82, 2.24) is 15.1 Å². The predicted octanol–water partition coefficient (Wildman–Crippen LogP) is 2.32. The minimum absolute atomic E-state index is 0.405. The number of aromatic nitrogens is 2. The van der Waals surface area contributed by atoms with Crippen molar-refractivity contribution in [1.29, 1.82) is 0 Å². The lowest BCUT2D eigenvalue weighted by atomic mass is 10.1. The number of fused-ring (bicyclic) bond motifs is 1. The van der Waals surface area contributed by atoms with Crippen molar-refractivity contribution in [2.45, 2.75) is 20.3 Å². The molecule has 0 aliphatic heterocycles. The smallest absolute Gasteiger partial charge is 0.180 e. The summed E-state index contributed by atoms with van der Waals surface area (Å²) in [5, 5.41) is 19.2. The van der Waals surface area contributed by atoms with Crippen LogP contribution in [0.5, 0.6) is 0 Å². The van der Waals surface area contributed by atoms with Gasteiger partial charge >= 0.3 is 0 Å². The van der Waals surface area contributed by atoms with E-state index in [1.165, 1.54) is 0 Å². The van der Waals surface area contributed by atoms with Crippen LogP contribution in [0, 0.1) is 0 Å².